The van der Waals surface area contributed by atoms with Crippen molar-refractivity contribution in [2.75, 3.05) is 11.8 Å². The molecule has 0 saturated heterocycles. The Labute approximate surface area is 213 Å². The van der Waals surface area contributed by atoms with E-state index in [0.717, 1.165) is 0 Å². The van der Waals surface area contributed by atoms with Crippen LogP contribution in [0.25, 0.3) is 0 Å². The van der Waals surface area contributed by atoms with Gasteiger partial charge >= 0.3 is 82.4 Å². The second kappa shape index (κ2) is 20.7. The summed E-state index contributed by atoms with van der Waals surface area (Å²) in [7, 11) is 0. The van der Waals surface area contributed by atoms with Crippen LogP contribution < -0.4 is 59.1 Å². The van der Waals surface area contributed by atoms with Crippen molar-refractivity contribution in [3.8, 4) is 0 Å². The third-order valence-corrected chi connectivity index (χ3v) is 3.93. The summed E-state index contributed by atoms with van der Waals surface area (Å²) in [6.07, 6.45) is 3.46. The number of carbonyl (C=O) groups excluding carboxylic acids is 4. The van der Waals surface area contributed by atoms with Crippen LogP contribution in [0.15, 0.2) is 0 Å². The van der Waals surface area contributed by atoms with Crippen molar-refractivity contribution in [2.45, 2.75) is 51.4 Å². The Morgan fingerprint density at radius 3 is 1.35 bits per heavy atom. The van der Waals surface area contributed by atoms with Gasteiger partial charge in [0.2, 0.25) is 11.6 Å². The third-order valence-electron chi connectivity index (χ3n) is 2.82. The molecule has 0 bridgehead atoms. The molecular formula is C14H22Cl2Na2O7S. The average molecular weight is 451 g/mol. The molecule has 0 spiro atoms. The number of ketones is 2. The zero-order chi connectivity index (χ0) is 18.4. The van der Waals surface area contributed by atoms with Gasteiger partial charge in [0.25, 0.3) is 0 Å². The van der Waals surface area contributed by atoms with Gasteiger partial charge in [-0.15, -0.1) is 23.2 Å². The first kappa shape index (κ1) is 31.7. The maximum absolute atomic E-state index is 11.4. The van der Waals surface area contributed by atoms with Gasteiger partial charge in [-0.1, -0.05) is 12.8 Å². The van der Waals surface area contributed by atoms with Gasteiger partial charge in [-0.05, 0) is 25.7 Å². The summed E-state index contributed by atoms with van der Waals surface area (Å²) in [5.74, 6) is -3.61. The number of Topliss-reactive ketones (excluding diaryl/α,β-unsaturated/α-hetero) is 2. The van der Waals surface area contributed by atoms with Gasteiger partial charge in [0, 0.05) is 24.6 Å². The van der Waals surface area contributed by atoms with Crippen LogP contribution in [-0.4, -0.2) is 39.5 Å². The molecule has 0 heterocycles. The SMILES string of the molecule is O=C(CCCCCCl)C(=O)OS(=O)OC(=O)C(=O)CCCCCCl.[H-].[H-].[Na+].[Na+]. The van der Waals surface area contributed by atoms with Crippen molar-refractivity contribution < 1.29 is 93.7 Å². The molecule has 0 N–H and O–H groups in total. The number of carbonyl (C=O) groups is 4. The minimum Gasteiger partial charge on any atom is -1.00 e. The van der Waals surface area contributed by atoms with Gasteiger partial charge in [0.05, 0.1) is 0 Å². The minimum atomic E-state index is -2.82. The fraction of sp³-hybridized carbons (Fsp3) is 0.714. The Morgan fingerprint density at radius 2 is 1.04 bits per heavy atom. The van der Waals surface area contributed by atoms with Crippen LogP contribution in [0.3, 0.4) is 0 Å². The van der Waals surface area contributed by atoms with Crippen LogP contribution in [-0.2, 0) is 38.9 Å². The molecule has 0 atom stereocenters. The van der Waals surface area contributed by atoms with Crippen molar-refractivity contribution in [3.05, 3.63) is 0 Å². The maximum Gasteiger partial charge on any atom is 1.00 e. The molecule has 142 valence electrons. The minimum absolute atomic E-state index is 0. The molecule has 0 radical (unpaired) electrons. The largest absolute Gasteiger partial charge is 1.00 e. The van der Waals surface area contributed by atoms with E-state index >= 15 is 0 Å². The van der Waals surface area contributed by atoms with E-state index in [1.807, 2.05) is 0 Å². The van der Waals surface area contributed by atoms with E-state index in [-0.39, 0.29) is 74.8 Å². The fourth-order valence-corrected chi connectivity index (χ4v) is 2.40. The molecule has 7 nitrogen and oxygen atoms in total. The van der Waals surface area contributed by atoms with Crippen molar-refractivity contribution in [2.24, 2.45) is 0 Å². The van der Waals surface area contributed by atoms with E-state index in [2.05, 4.69) is 8.37 Å². The predicted molar refractivity (Wildman–Crippen MR) is 90.9 cm³/mol. The van der Waals surface area contributed by atoms with Crippen LogP contribution in [0.4, 0.5) is 0 Å². The van der Waals surface area contributed by atoms with Gasteiger partial charge in [-0.2, -0.15) is 4.21 Å². The molecule has 0 saturated carbocycles. The number of unbranched alkanes of at least 4 members (excludes halogenated alkanes) is 4. The van der Waals surface area contributed by atoms with E-state index in [9.17, 15) is 23.4 Å². The summed E-state index contributed by atoms with van der Waals surface area (Å²) in [5.41, 5.74) is 0. The van der Waals surface area contributed by atoms with E-state index in [1.165, 1.54) is 0 Å². The summed E-state index contributed by atoms with van der Waals surface area (Å²) < 4.78 is 19.7. The zero-order valence-corrected chi connectivity index (χ0v) is 21.4. The van der Waals surface area contributed by atoms with E-state index in [0.29, 0.717) is 50.3 Å². The van der Waals surface area contributed by atoms with E-state index < -0.39 is 34.9 Å². The topological polar surface area (TPSA) is 104 Å². The summed E-state index contributed by atoms with van der Waals surface area (Å²) in [5, 5.41) is 0. The summed E-state index contributed by atoms with van der Waals surface area (Å²) in [6, 6.07) is 0. The molecule has 0 aliphatic carbocycles. The molecule has 0 fully saturated rings. The van der Waals surface area contributed by atoms with Crippen molar-refractivity contribution in [1.29, 1.82) is 0 Å². The van der Waals surface area contributed by atoms with E-state index in [4.69, 9.17) is 23.2 Å². The van der Waals surface area contributed by atoms with Crippen LogP contribution in [0.1, 0.15) is 54.2 Å². The zero-order valence-electron chi connectivity index (χ0n) is 17.1. The van der Waals surface area contributed by atoms with Crippen LogP contribution in [0, 0.1) is 0 Å². The van der Waals surface area contributed by atoms with Crippen molar-refractivity contribution in [3.63, 3.8) is 0 Å². The Bertz CT molecular complexity index is 449. The molecular weight excluding hydrogens is 429 g/mol. The molecule has 0 aromatic heterocycles. The molecule has 0 aliphatic heterocycles. The monoisotopic (exact) mass is 450 g/mol. The summed E-state index contributed by atoms with van der Waals surface area (Å²) in [4.78, 5) is 45.5. The second-order valence-corrected chi connectivity index (χ2v) is 6.29. The van der Waals surface area contributed by atoms with Crippen LogP contribution >= 0.6 is 23.2 Å². The Kier molecular flexibility index (Phi) is 25.3. The average Bonchev–Trinajstić information content (AvgIpc) is 2.54. The second-order valence-electron chi connectivity index (χ2n) is 4.79. The molecule has 0 aromatic carbocycles. The number of rotatable bonds is 14. The molecule has 0 rings (SSSR count). The first-order valence-corrected chi connectivity index (χ1v) is 9.54. The normalized spacial score (nSPS) is 9.65. The molecule has 0 aromatic rings. The number of alkyl halides is 2. The number of halogens is 2. The standard InChI is InChI=1S/C14H20Cl2O7S.2Na.2H/c15-9-5-1-3-7-11(17)13(19)22-24(21)23-14(20)12(18)8-4-2-6-10-16;;;;/h1-10H2;;;;/q;2*+1;2*-1. The van der Waals surface area contributed by atoms with Crippen LogP contribution in [0.2, 0.25) is 0 Å². The fourth-order valence-electron chi connectivity index (χ4n) is 1.55. The van der Waals surface area contributed by atoms with Gasteiger partial charge in [-0.25, -0.2) is 9.59 Å². The summed E-state index contributed by atoms with van der Waals surface area (Å²) in [6.45, 7) is 0. The van der Waals surface area contributed by atoms with Crippen LogP contribution in [0.5, 0.6) is 0 Å². The maximum atomic E-state index is 11.4. The Morgan fingerprint density at radius 1 is 0.692 bits per heavy atom. The molecule has 0 amide bonds. The first-order chi connectivity index (χ1) is 11.4. The smallest absolute Gasteiger partial charge is 1.00 e. The first-order valence-electron chi connectivity index (χ1n) is 7.47. The predicted octanol–water partition coefficient (Wildman–Crippen LogP) is -3.38. The molecule has 0 unspecified atom stereocenters. The quantitative estimate of drug-likeness (QED) is 0.118. The van der Waals surface area contributed by atoms with Crippen molar-refractivity contribution in [1.82, 2.24) is 0 Å². The Balaban J connectivity index is -0.000000441. The van der Waals surface area contributed by atoms with Gasteiger partial charge in [-0.3, -0.25) is 9.59 Å². The van der Waals surface area contributed by atoms with Gasteiger partial charge in [0.1, 0.15) is 0 Å². The molecule has 26 heavy (non-hydrogen) atoms. The van der Waals surface area contributed by atoms with Gasteiger partial charge in [0.15, 0.2) is 0 Å². The van der Waals surface area contributed by atoms with E-state index in [1.54, 1.807) is 0 Å². The van der Waals surface area contributed by atoms with Crippen molar-refractivity contribution >= 4 is 58.1 Å². The summed E-state index contributed by atoms with van der Waals surface area (Å²) >= 11 is 8.12. The molecule has 12 heteroatoms. The number of hydrogen-bond acceptors (Lipinski definition) is 7. The molecule has 0 aliphatic rings. The Hall–Kier alpha value is 1.01. The number of hydrogen-bond donors (Lipinski definition) is 0. The third kappa shape index (κ3) is 17.1. The van der Waals surface area contributed by atoms with Gasteiger partial charge < -0.3 is 11.2 Å².